The molecule has 5 nitrogen and oxygen atoms in total. The predicted molar refractivity (Wildman–Crippen MR) is 78.9 cm³/mol. The Balaban J connectivity index is 1.70. The van der Waals surface area contributed by atoms with Crippen molar-refractivity contribution in [3.8, 4) is 0 Å². The second kappa shape index (κ2) is 6.37. The molecule has 0 aliphatic heterocycles. The van der Waals surface area contributed by atoms with Gasteiger partial charge in [0.1, 0.15) is 0 Å². The lowest BCUT2D eigenvalue weighted by molar-refractivity contribution is 0.182. The lowest BCUT2D eigenvalue weighted by atomic mass is 9.83. The summed E-state index contributed by atoms with van der Waals surface area (Å²) in [6.45, 7) is 0.593. The summed E-state index contributed by atoms with van der Waals surface area (Å²) in [6, 6.07) is 8.33. The van der Waals surface area contributed by atoms with Gasteiger partial charge in [-0.05, 0) is 36.8 Å². The van der Waals surface area contributed by atoms with Gasteiger partial charge in [-0.1, -0.05) is 29.4 Å². The second-order valence-corrected chi connectivity index (χ2v) is 5.59. The fourth-order valence-corrected chi connectivity index (χ4v) is 2.85. The van der Waals surface area contributed by atoms with Gasteiger partial charge in [0.25, 0.3) is 0 Å². The van der Waals surface area contributed by atoms with E-state index >= 15 is 0 Å². The summed E-state index contributed by atoms with van der Waals surface area (Å²) in [4.78, 5) is 4.50. The number of aromatic nitrogens is 2. The van der Waals surface area contributed by atoms with Gasteiger partial charge in [-0.3, -0.25) is 0 Å². The number of methoxy groups -OCH3 is 1. The zero-order valence-electron chi connectivity index (χ0n) is 12.3. The zero-order valence-corrected chi connectivity index (χ0v) is 12.3. The fourth-order valence-electron chi connectivity index (χ4n) is 2.85. The van der Waals surface area contributed by atoms with Crippen molar-refractivity contribution in [3.05, 3.63) is 47.1 Å². The summed E-state index contributed by atoms with van der Waals surface area (Å²) in [6.07, 6.45) is 3.79. The molecule has 0 spiro atoms. The summed E-state index contributed by atoms with van der Waals surface area (Å²) in [5, 5.41) is 4.14. The summed E-state index contributed by atoms with van der Waals surface area (Å²) in [5.41, 5.74) is 8.86. The van der Waals surface area contributed by atoms with Crippen molar-refractivity contribution >= 4 is 0 Å². The largest absolute Gasteiger partial charge is 0.385 e. The minimum atomic E-state index is -0.248. The molecule has 5 heteroatoms. The molecule has 21 heavy (non-hydrogen) atoms. The summed E-state index contributed by atoms with van der Waals surface area (Å²) >= 11 is 0. The fraction of sp³-hybridized carbons (Fsp3) is 0.500. The first-order chi connectivity index (χ1) is 10.3. The van der Waals surface area contributed by atoms with Crippen LogP contribution < -0.4 is 5.73 Å². The van der Waals surface area contributed by atoms with E-state index in [9.17, 15) is 0 Å². The molecule has 2 N–H and O–H groups in total. The number of benzene rings is 1. The van der Waals surface area contributed by atoms with Crippen molar-refractivity contribution in [2.75, 3.05) is 13.7 Å². The van der Waals surface area contributed by atoms with E-state index in [1.54, 1.807) is 7.11 Å². The number of fused-ring (bicyclic) bond motifs is 1. The van der Waals surface area contributed by atoms with Crippen LogP contribution in [0.2, 0.25) is 0 Å². The van der Waals surface area contributed by atoms with E-state index in [-0.39, 0.29) is 6.04 Å². The minimum Gasteiger partial charge on any atom is -0.385 e. The molecule has 1 aliphatic rings. The molecule has 1 aliphatic carbocycles. The van der Waals surface area contributed by atoms with E-state index in [0.717, 1.165) is 25.1 Å². The molecule has 1 aromatic carbocycles. The van der Waals surface area contributed by atoms with E-state index in [2.05, 4.69) is 34.4 Å². The van der Waals surface area contributed by atoms with Gasteiger partial charge in [0.15, 0.2) is 5.82 Å². The normalized spacial score (nSPS) is 19.2. The highest BCUT2D eigenvalue weighted by molar-refractivity contribution is 5.31. The Labute approximate surface area is 124 Å². The third-order valence-electron chi connectivity index (χ3n) is 4.12. The molecule has 1 aromatic heterocycles. The van der Waals surface area contributed by atoms with Gasteiger partial charge in [0.05, 0.1) is 6.04 Å². The number of aryl methyl sites for hydroxylation is 1. The van der Waals surface area contributed by atoms with Crippen LogP contribution in [0, 0.1) is 0 Å². The SMILES string of the molecule is COCCC(N)c1nc(C2CCc3ccccc3C2)no1. The van der Waals surface area contributed by atoms with Crippen LogP contribution in [-0.4, -0.2) is 23.9 Å². The Morgan fingerprint density at radius 2 is 2.19 bits per heavy atom. The number of rotatable bonds is 5. The van der Waals surface area contributed by atoms with E-state index in [0.29, 0.717) is 24.8 Å². The van der Waals surface area contributed by atoms with Gasteiger partial charge in [-0.2, -0.15) is 4.98 Å². The van der Waals surface area contributed by atoms with Crippen molar-refractivity contribution in [2.45, 2.75) is 37.6 Å². The van der Waals surface area contributed by atoms with Crippen LogP contribution in [0.4, 0.5) is 0 Å². The van der Waals surface area contributed by atoms with Crippen molar-refractivity contribution < 1.29 is 9.26 Å². The number of nitrogens with zero attached hydrogens (tertiary/aromatic N) is 2. The predicted octanol–water partition coefficient (Wildman–Crippen LogP) is 2.38. The lowest BCUT2D eigenvalue weighted by Crippen LogP contribution is -2.15. The maximum atomic E-state index is 6.02. The minimum absolute atomic E-state index is 0.248. The molecule has 0 amide bonds. The molecule has 0 bridgehead atoms. The molecule has 0 saturated heterocycles. The van der Waals surface area contributed by atoms with Crippen molar-refractivity contribution in [1.82, 2.24) is 10.1 Å². The van der Waals surface area contributed by atoms with Crippen LogP contribution in [0.25, 0.3) is 0 Å². The monoisotopic (exact) mass is 287 g/mol. The Bertz CT molecular complexity index is 597. The third-order valence-corrected chi connectivity index (χ3v) is 4.12. The van der Waals surface area contributed by atoms with E-state index in [4.69, 9.17) is 15.0 Å². The zero-order chi connectivity index (χ0) is 14.7. The van der Waals surface area contributed by atoms with E-state index < -0.39 is 0 Å². The number of ether oxygens (including phenoxy) is 1. The standard InChI is InChI=1S/C16H21N3O2/c1-20-9-8-14(17)16-18-15(19-21-16)13-7-6-11-4-2-3-5-12(11)10-13/h2-5,13-14H,6-10,17H2,1H3. The molecule has 112 valence electrons. The third kappa shape index (κ3) is 3.14. The molecule has 0 radical (unpaired) electrons. The molecule has 2 unspecified atom stereocenters. The van der Waals surface area contributed by atoms with Crippen molar-refractivity contribution in [3.63, 3.8) is 0 Å². The number of hydrogen-bond donors (Lipinski definition) is 1. The van der Waals surface area contributed by atoms with Gasteiger partial charge in [-0.15, -0.1) is 0 Å². The van der Waals surface area contributed by atoms with Crippen LogP contribution in [0.3, 0.4) is 0 Å². The quantitative estimate of drug-likeness (QED) is 0.914. The highest BCUT2D eigenvalue weighted by Gasteiger charge is 2.25. The molecule has 2 atom stereocenters. The molecule has 0 fully saturated rings. The van der Waals surface area contributed by atoms with Gasteiger partial charge in [0.2, 0.25) is 5.89 Å². The molecular weight excluding hydrogens is 266 g/mol. The Kier molecular flexibility index (Phi) is 4.31. The van der Waals surface area contributed by atoms with Gasteiger partial charge >= 0.3 is 0 Å². The summed E-state index contributed by atoms with van der Waals surface area (Å²) in [5.74, 6) is 1.63. The van der Waals surface area contributed by atoms with Crippen molar-refractivity contribution in [1.29, 1.82) is 0 Å². The molecule has 0 saturated carbocycles. The maximum Gasteiger partial charge on any atom is 0.243 e. The van der Waals surface area contributed by atoms with Crippen molar-refractivity contribution in [2.24, 2.45) is 5.73 Å². The highest BCUT2D eigenvalue weighted by atomic mass is 16.5. The number of nitrogens with two attached hydrogens (primary N) is 1. The first-order valence-electron chi connectivity index (χ1n) is 7.42. The summed E-state index contributed by atoms with van der Waals surface area (Å²) in [7, 11) is 1.66. The van der Waals surface area contributed by atoms with E-state index in [1.807, 2.05) is 0 Å². The summed E-state index contributed by atoms with van der Waals surface area (Å²) < 4.78 is 10.3. The smallest absolute Gasteiger partial charge is 0.243 e. The van der Waals surface area contributed by atoms with E-state index in [1.165, 1.54) is 11.1 Å². The first kappa shape index (κ1) is 14.2. The van der Waals surface area contributed by atoms with Gasteiger partial charge in [0, 0.05) is 19.6 Å². The second-order valence-electron chi connectivity index (χ2n) is 5.59. The van der Waals surface area contributed by atoms with Crippen LogP contribution in [0.1, 0.15) is 47.6 Å². The van der Waals surface area contributed by atoms with Crippen LogP contribution in [0.15, 0.2) is 28.8 Å². The Morgan fingerprint density at radius 3 is 3.00 bits per heavy atom. The Hall–Kier alpha value is -1.72. The number of hydrogen-bond acceptors (Lipinski definition) is 5. The van der Waals surface area contributed by atoms with Gasteiger partial charge in [-0.25, -0.2) is 0 Å². The van der Waals surface area contributed by atoms with Crippen LogP contribution in [-0.2, 0) is 17.6 Å². The average Bonchev–Trinajstić information content (AvgIpc) is 3.02. The lowest BCUT2D eigenvalue weighted by Gasteiger charge is -2.21. The topological polar surface area (TPSA) is 74.2 Å². The van der Waals surface area contributed by atoms with Gasteiger partial charge < -0.3 is 15.0 Å². The molecule has 3 rings (SSSR count). The van der Waals surface area contributed by atoms with Crippen LogP contribution >= 0.6 is 0 Å². The first-order valence-corrected chi connectivity index (χ1v) is 7.42. The molecule has 2 aromatic rings. The highest BCUT2D eigenvalue weighted by Crippen LogP contribution is 2.31. The molecular formula is C16H21N3O2. The molecule has 1 heterocycles. The Morgan fingerprint density at radius 1 is 1.38 bits per heavy atom. The average molecular weight is 287 g/mol. The van der Waals surface area contributed by atoms with Crippen LogP contribution in [0.5, 0.6) is 0 Å². The maximum absolute atomic E-state index is 6.02.